The van der Waals surface area contributed by atoms with Crippen LogP contribution in [0.5, 0.6) is 5.75 Å². The number of ether oxygens (including phenoxy) is 2. The van der Waals surface area contributed by atoms with Crippen molar-refractivity contribution in [3.05, 3.63) is 110 Å². The minimum absolute atomic E-state index is 0.192. The highest BCUT2D eigenvalue weighted by molar-refractivity contribution is 6.07. The summed E-state index contributed by atoms with van der Waals surface area (Å²) in [6.07, 6.45) is 5.09. The van der Waals surface area contributed by atoms with Gasteiger partial charge in [-0.1, -0.05) is 49.4 Å². The molecule has 3 aromatic rings. The monoisotopic (exact) mass is 748 g/mol. The van der Waals surface area contributed by atoms with Gasteiger partial charge in [0.05, 0.1) is 36.7 Å². The first-order valence-electron chi connectivity index (χ1n) is 19.8. The van der Waals surface area contributed by atoms with E-state index in [4.69, 9.17) is 9.47 Å². The van der Waals surface area contributed by atoms with Gasteiger partial charge in [-0.2, -0.15) is 0 Å². The van der Waals surface area contributed by atoms with Crippen LogP contribution in [0.3, 0.4) is 0 Å². The first-order valence-corrected chi connectivity index (χ1v) is 19.8. The number of nitrogens with zero attached hydrogens (tertiary/aromatic N) is 4. The molecule has 3 heterocycles. The molecule has 292 valence electrons. The van der Waals surface area contributed by atoms with E-state index in [0.29, 0.717) is 49.4 Å². The maximum Gasteiger partial charge on any atom is 0.253 e. The van der Waals surface area contributed by atoms with Crippen molar-refractivity contribution in [2.45, 2.75) is 76.7 Å². The fourth-order valence-electron chi connectivity index (χ4n) is 9.38. The molecule has 1 spiro atoms. The van der Waals surface area contributed by atoms with Crippen LogP contribution < -0.4 is 19.4 Å². The molecule has 3 aromatic carbocycles. The van der Waals surface area contributed by atoms with Gasteiger partial charge >= 0.3 is 0 Å². The van der Waals surface area contributed by atoms with Crippen LogP contribution in [-0.2, 0) is 25.5 Å². The molecule has 2 bridgehead atoms. The lowest BCUT2D eigenvalue weighted by molar-refractivity contribution is -0.149. The number of carbonyl (C=O) groups excluding carboxylic acids is 3. The second kappa shape index (κ2) is 16.8. The number of amides is 3. The van der Waals surface area contributed by atoms with E-state index < -0.39 is 35.1 Å². The number of hydrogen-bond acceptors (Lipinski definition) is 7. The van der Waals surface area contributed by atoms with Crippen molar-refractivity contribution in [1.29, 1.82) is 0 Å². The summed E-state index contributed by atoms with van der Waals surface area (Å²) in [6.45, 7) is 18.3. The van der Waals surface area contributed by atoms with E-state index in [1.807, 2.05) is 92.7 Å². The lowest BCUT2D eigenvalue weighted by Crippen LogP contribution is -2.59. The number of hydrogen-bond donors (Lipinski definition) is 1. The van der Waals surface area contributed by atoms with E-state index in [2.05, 4.69) is 31.9 Å². The Morgan fingerprint density at radius 2 is 1.45 bits per heavy atom. The van der Waals surface area contributed by atoms with Crippen LogP contribution in [0.1, 0.15) is 52.5 Å². The molecule has 3 aliphatic heterocycles. The Morgan fingerprint density at radius 3 is 2.00 bits per heavy atom. The molecule has 1 N–H and O–H groups in total. The lowest BCUT2D eigenvalue weighted by Gasteiger charge is -2.39. The molecule has 6 atom stereocenters. The van der Waals surface area contributed by atoms with Gasteiger partial charge in [-0.3, -0.25) is 14.4 Å². The van der Waals surface area contributed by atoms with Crippen LogP contribution in [0.15, 0.2) is 104 Å². The van der Waals surface area contributed by atoms with E-state index in [1.165, 1.54) is 0 Å². The quantitative estimate of drug-likeness (QED) is 0.150. The Labute approximate surface area is 326 Å². The highest BCUT2D eigenvalue weighted by Gasteiger charge is 2.79. The summed E-state index contributed by atoms with van der Waals surface area (Å²) in [5, 5.41) is 11.0. The Bertz CT molecular complexity index is 1830. The minimum atomic E-state index is -1.30. The van der Waals surface area contributed by atoms with Crippen molar-refractivity contribution >= 4 is 34.8 Å². The number of anilines is 3. The Kier molecular flexibility index (Phi) is 12.2. The van der Waals surface area contributed by atoms with Crippen molar-refractivity contribution in [3.63, 3.8) is 0 Å². The Hall–Kier alpha value is -4.93. The number of aliphatic hydroxyl groups is 1. The van der Waals surface area contributed by atoms with Crippen molar-refractivity contribution in [1.82, 2.24) is 4.90 Å². The predicted molar refractivity (Wildman–Crippen MR) is 217 cm³/mol. The van der Waals surface area contributed by atoms with Crippen molar-refractivity contribution in [3.8, 4) is 5.75 Å². The fourth-order valence-corrected chi connectivity index (χ4v) is 9.38. The zero-order valence-electron chi connectivity index (χ0n) is 32.7. The molecule has 2 unspecified atom stereocenters. The molecule has 55 heavy (non-hydrogen) atoms. The van der Waals surface area contributed by atoms with Crippen LogP contribution in [0.2, 0.25) is 0 Å². The molecule has 0 aliphatic carbocycles. The topological polar surface area (TPSA) is 103 Å². The van der Waals surface area contributed by atoms with Gasteiger partial charge in [0.15, 0.2) is 0 Å². The third-order valence-electron chi connectivity index (χ3n) is 11.9. The van der Waals surface area contributed by atoms with Gasteiger partial charge in [-0.25, -0.2) is 0 Å². The van der Waals surface area contributed by atoms with Crippen LogP contribution in [0.4, 0.5) is 17.1 Å². The molecule has 0 aromatic heterocycles. The fraction of sp³-hybridized carbons (Fsp3) is 0.444. The van der Waals surface area contributed by atoms with Crippen LogP contribution >= 0.6 is 0 Å². The number of aliphatic hydroxyl groups excluding tert-OH is 1. The highest BCUT2D eigenvalue weighted by Crippen LogP contribution is 2.65. The third kappa shape index (κ3) is 7.06. The van der Waals surface area contributed by atoms with Gasteiger partial charge in [0, 0.05) is 43.2 Å². The average molecular weight is 749 g/mol. The zero-order chi connectivity index (χ0) is 39.3. The number of likely N-dealkylation sites (tertiary alicyclic amines) is 1. The van der Waals surface area contributed by atoms with E-state index in [9.17, 15) is 5.11 Å². The van der Waals surface area contributed by atoms with E-state index in [-0.39, 0.29) is 37.4 Å². The summed E-state index contributed by atoms with van der Waals surface area (Å²) in [5.74, 6) is -2.05. The molecule has 3 fully saturated rings. The normalized spacial score (nSPS) is 24.3. The van der Waals surface area contributed by atoms with Gasteiger partial charge in [0.2, 0.25) is 11.8 Å². The summed E-state index contributed by atoms with van der Waals surface area (Å²) in [4.78, 5) is 53.0. The first-order chi connectivity index (χ1) is 26.7. The van der Waals surface area contributed by atoms with Gasteiger partial charge in [-0.05, 0) is 101 Å². The van der Waals surface area contributed by atoms with Crippen LogP contribution in [0.25, 0.3) is 0 Å². The maximum atomic E-state index is 15.4. The summed E-state index contributed by atoms with van der Waals surface area (Å²) >= 11 is 0. The van der Waals surface area contributed by atoms with Gasteiger partial charge in [0.1, 0.15) is 17.4 Å². The first kappa shape index (κ1) is 39.8. The molecule has 0 radical (unpaired) electrons. The Morgan fingerprint density at radius 1 is 0.873 bits per heavy atom. The number of carbonyl (C=O) groups is 3. The SMILES string of the molecule is C=CCN(C(=O)C1N([C@@H](CO)Cc2ccccc2)C(=O)[C@@H]2[C@@H](C(=O)N(CC=C)c3ccc(OCC)cc3)[C@@]3(CC)CCC12O3)c1ccc(N(CC)CC)cc1. The molecule has 3 aliphatic rings. The second-order valence-electron chi connectivity index (χ2n) is 14.7. The smallest absolute Gasteiger partial charge is 0.253 e. The number of rotatable bonds is 18. The van der Waals surface area contributed by atoms with Gasteiger partial charge in [0.25, 0.3) is 5.91 Å². The number of fused-ring (bicyclic) bond motifs is 1. The predicted octanol–water partition coefficient (Wildman–Crippen LogP) is 6.43. The Balaban J connectivity index is 1.46. The molecule has 10 nitrogen and oxygen atoms in total. The molecular formula is C45H56N4O6. The molecule has 10 heteroatoms. The molecular weight excluding hydrogens is 693 g/mol. The molecule has 3 saturated heterocycles. The van der Waals surface area contributed by atoms with E-state index in [1.54, 1.807) is 26.9 Å². The standard InChI is InChI=1S/C45H56N4O6/c1-7-28-47(35-22-24-37(25-23-35)54-12-6)41(51)38-39-42(52)49(36(31-50)30-32-16-14-13-15-17-32)40(45(39)27-26-44(38,9-3)55-45)43(53)48(29-8-2)34-20-18-33(19-21-34)46(10-4)11-5/h7-8,13-25,36,38-40,50H,1-2,9-12,26-31H2,3-6H3/t36-,38+,39+,40?,44-,45?/m1/s1. The lowest BCUT2D eigenvalue weighted by atomic mass is 9.64. The summed E-state index contributed by atoms with van der Waals surface area (Å²) in [5.41, 5.74) is 1.01. The number of benzene rings is 3. The largest absolute Gasteiger partial charge is 0.494 e. The average Bonchev–Trinajstić information content (AvgIpc) is 3.82. The summed E-state index contributed by atoms with van der Waals surface area (Å²) in [7, 11) is 0. The van der Waals surface area contributed by atoms with Crippen molar-refractivity contribution < 1.29 is 29.0 Å². The van der Waals surface area contributed by atoms with Crippen molar-refractivity contribution in [2.24, 2.45) is 11.8 Å². The molecule has 6 rings (SSSR count). The van der Waals surface area contributed by atoms with Crippen molar-refractivity contribution in [2.75, 3.05) is 54.1 Å². The van der Waals surface area contributed by atoms with Gasteiger partial charge in [-0.15, -0.1) is 13.2 Å². The minimum Gasteiger partial charge on any atom is -0.494 e. The third-order valence-corrected chi connectivity index (χ3v) is 11.9. The maximum absolute atomic E-state index is 15.4. The molecule has 0 saturated carbocycles. The highest BCUT2D eigenvalue weighted by atomic mass is 16.5. The summed E-state index contributed by atoms with van der Waals surface area (Å²) in [6, 6.07) is 23.0. The van der Waals surface area contributed by atoms with Crippen LogP contribution in [0, 0.1) is 11.8 Å². The van der Waals surface area contributed by atoms with Gasteiger partial charge < -0.3 is 34.2 Å². The summed E-state index contributed by atoms with van der Waals surface area (Å²) < 4.78 is 12.8. The zero-order valence-corrected chi connectivity index (χ0v) is 32.7. The van der Waals surface area contributed by atoms with E-state index >= 15 is 14.4 Å². The molecule has 3 amide bonds. The van der Waals surface area contributed by atoms with Crippen LogP contribution in [-0.4, -0.2) is 90.4 Å². The van der Waals surface area contributed by atoms with E-state index in [0.717, 1.165) is 24.3 Å². The second-order valence-corrected chi connectivity index (χ2v) is 14.7.